The van der Waals surface area contributed by atoms with E-state index in [0.29, 0.717) is 38.4 Å². The van der Waals surface area contributed by atoms with E-state index < -0.39 is 15.9 Å². The van der Waals surface area contributed by atoms with Crippen LogP contribution in [0.25, 0.3) is 5.57 Å². The van der Waals surface area contributed by atoms with Crippen LogP contribution in [0.15, 0.2) is 65.6 Å². The molecule has 2 aromatic carbocycles. The average molecular weight is 482 g/mol. The van der Waals surface area contributed by atoms with Crippen molar-refractivity contribution in [2.75, 3.05) is 37.6 Å². The normalized spacial score (nSPS) is 19.0. The molecule has 2 aliphatic rings. The molecule has 1 fully saturated rings. The number of benzene rings is 2. The molecule has 1 unspecified atom stereocenters. The van der Waals surface area contributed by atoms with Gasteiger partial charge in [-0.05, 0) is 41.8 Å². The van der Waals surface area contributed by atoms with Gasteiger partial charge in [0, 0.05) is 44.8 Å². The van der Waals surface area contributed by atoms with Gasteiger partial charge < -0.3 is 9.80 Å². The van der Waals surface area contributed by atoms with E-state index in [2.05, 4.69) is 18.2 Å². The summed E-state index contributed by atoms with van der Waals surface area (Å²) in [6.45, 7) is 5.90. The van der Waals surface area contributed by atoms with E-state index in [-0.39, 0.29) is 23.1 Å². The summed E-state index contributed by atoms with van der Waals surface area (Å²) < 4.78 is 26.8. The number of anilines is 1. The van der Waals surface area contributed by atoms with Crippen LogP contribution in [-0.2, 0) is 19.6 Å². The zero-order valence-corrected chi connectivity index (χ0v) is 20.5. The first kappa shape index (κ1) is 24.2. The second-order valence-corrected chi connectivity index (χ2v) is 10.6. The lowest BCUT2D eigenvalue weighted by atomic mass is 9.98. The van der Waals surface area contributed by atoms with Crippen molar-refractivity contribution in [1.29, 1.82) is 0 Å². The van der Waals surface area contributed by atoms with Gasteiger partial charge in [0.2, 0.25) is 21.8 Å². The highest BCUT2D eigenvalue weighted by Crippen LogP contribution is 2.29. The maximum absolute atomic E-state index is 13.1. The van der Waals surface area contributed by atoms with Gasteiger partial charge >= 0.3 is 0 Å². The summed E-state index contributed by atoms with van der Waals surface area (Å²) in [4.78, 5) is 29.5. The summed E-state index contributed by atoms with van der Waals surface area (Å²) in [6, 6.07) is 16.5. The first-order valence-electron chi connectivity index (χ1n) is 11.8. The van der Waals surface area contributed by atoms with Crippen LogP contribution in [0.4, 0.5) is 5.69 Å². The van der Waals surface area contributed by atoms with Gasteiger partial charge in [-0.3, -0.25) is 9.59 Å². The molecule has 4 rings (SSSR count). The van der Waals surface area contributed by atoms with E-state index in [1.54, 1.807) is 30.9 Å². The van der Waals surface area contributed by atoms with E-state index in [4.69, 9.17) is 0 Å². The van der Waals surface area contributed by atoms with Gasteiger partial charge in [0.1, 0.15) is 0 Å². The number of hydrogen-bond acceptors (Lipinski definition) is 4. The van der Waals surface area contributed by atoms with Crippen molar-refractivity contribution >= 4 is 33.1 Å². The molecule has 0 bridgehead atoms. The molecular formula is C26H31N3O4S. The van der Waals surface area contributed by atoms with Crippen molar-refractivity contribution in [1.82, 2.24) is 9.21 Å². The molecule has 2 amide bonds. The molecule has 2 heterocycles. The van der Waals surface area contributed by atoms with Crippen LogP contribution < -0.4 is 4.90 Å². The Kier molecular flexibility index (Phi) is 7.19. The molecule has 0 radical (unpaired) electrons. The molecule has 0 aliphatic carbocycles. The highest BCUT2D eigenvalue weighted by Gasteiger charge is 2.37. The minimum atomic E-state index is -3.55. The van der Waals surface area contributed by atoms with Crippen molar-refractivity contribution in [2.45, 2.75) is 31.6 Å². The largest absolute Gasteiger partial charge is 0.338 e. The fraction of sp³-hybridized carbons (Fsp3) is 0.385. The number of amides is 2. The zero-order valence-electron chi connectivity index (χ0n) is 19.7. The topological polar surface area (TPSA) is 78.0 Å². The number of hydrogen-bond donors (Lipinski definition) is 0. The van der Waals surface area contributed by atoms with Gasteiger partial charge in [0.05, 0.1) is 10.8 Å². The Morgan fingerprint density at radius 1 is 1.03 bits per heavy atom. The van der Waals surface area contributed by atoms with Gasteiger partial charge in [-0.2, -0.15) is 4.31 Å². The van der Waals surface area contributed by atoms with Crippen molar-refractivity contribution < 1.29 is 18.0 Å². The molecule has 7 nitrogen and oxygen atoms in total. The number of sulfonamides is 1. The maximum Gasteiger partial charge on any atom is 0.243 e. The van der Waals surface area contributed by atoms with E-state index >= 15 is 0 Å². The Hall–Kier alpha value is -2.97. The minimum absolute atomic E-state index is 0.0000528. The number of nitrogens with zero attached hydrogens (tertiary/aromatic N) is 3. The predicted octanol–water partition coefficient (Wildman–Crippen LogP) is 3.39. The van der Waals surface area contributed by atoms with Crippen LogP contribution in [0, 0.1) is 5.92 Å². The fourth-order valence-corrected chi connectivity index (χ4v) is 6.13. The third-order valence-corrected chi connectivity index (χ3v) is 8.70. The van der Waals surface area contributed by atoms with Gasteiger partial charge in [-0.1, -0.05) is 50.3 Å². The summed E-state index contributed by atoms with van der Waals surface area (Å²) in [5, 5.41) is 0. The van der Waals surface area contributed by atoms with E-state index in [1.807, 2.05) is 23.1 Å². The summed E-state index contributed by atoms with van der Waals surface area (Å²) >= 11 is 0. The van der Waals surface area contributed by atoms with Gasteiger partial charge in [0.25, 0.3) is 0 Å². The fourth-order valence-electron chi connectivity index (χ4n) is 4.68. The quantitative estimate of drug-likeness (QED) is 0.607. The summed E-state index contributed by atoms with van der Waals surface area (Å²) in [5.41, 5.74) is 3.04. The van der Waals surface area contributed by atoms with E-state index in [9.17, 15) is 18.0 Å². The smallest absolute Gasteiger partial charge is 0.243 e. The summed E-state index contributed by atoms with van der Waals surface area (Å²) in [7, 11) is -3.55. The van der Waals surface area contributed by atoms with Crippen molar-refractivity contribution in [3.05, 3.63) is 66.2 Å². The van der Waals surface area contributed by atoms with Gasteiger partial charge in [-0.25, -0.2) is 8.42 Å². The van der Waals surface area contributed by atoms with Crippen molar-refractivity contribution in [2.24, 2.45) is 5.92 Å². The lowest BCUT2D eigenvalue weighted by Gasteiger charge is -2.29. The molecule has 180 valence electrons. The third kappa shape index (κ3) is 4.79. The molecule has 8 heteroatoms. The van der Waals surface area contributed by atoms with Crippen LogP contribution in [0.3, 0.4) is 0 Å². The summed E-state index contributed by atoms with van der Waals surface area (Å²) in [5.74, 6) is -0.506. The molecule has 0 aromatic heterocycles. The first-order valence-corrected chi connectivity index (χ1v) is 13.2. The Morgan fingerprint density at radius 3 is 2.29 bits per heavy atom. The van der Waals surface area contributed by atoms with E-state index in [0.717, 1.165) is 6.42 Å². The third-order valence-electron chi connectivity index (χ3n) is 6.63. The predicted molar refractivity (Wildman–Crippen MR) is 133 cm³/mol. The van der Waals surface area contributed by atoms with Crippen LogP contribution >= 0.6 is 0 Å². The zero-order chi connectivity index (χ0) is 24.3. The Morgan fingerprint density at radius 2 is 1.71 bits per heavy atom. The molecule has 2 aromatic rings. The van der Waals surface area contributed by atoms with Crippen molar-refractivity contribution in [3.8, 4) is 0 Å². The number of carbonyl (C=O) groups is 2. The van der Waals surface area contributed by atoms with Crippen LogP contribution in [0.5, 0.6) is 0 Å². The van der Waals surface area contributed by atoms with Crippen LogP contribution in [-0.4, -0.2) is 62.2 Å². The molecule has 34 heavy (non-hydrogen) atoms. The standard InChI is InChI=1S/C26H31N3O4S/c1-3-28(4-2)34(32,33)24-12-10-23(11-13-24)29-19-22(18-25(29)30)26(31)27-16-14-21(15-17-27)20-8-6-5-7-9-20/h5-14,22H,3-4,15-19H2,1-2H3. The molecule has 0 spiro atoms. The molecule has 1 saturated heterocycles. The number of carbonyl (C=O) groups excluding carboxylic acids is 2. The SMILES string of the molecule is CCN(CC)S(=O)(=O)c1ccc(N2CC(C(=O)N3CC=C(c4ccccc4)CC3)CC2=O)cc1. The highest BCUT2D eigenvalue weighted by atomic mass is 32.2. The Bertz CT molecular complexity index is 1170. The Balaban J connectivity index is 1.41. The lowest BCUT2D eigenvalue weighted by molar-refractivity contribution is -0.135. The lowest BCUT2D eigenvalue weighted by Crippen LogP contribution is -2.39. The Labute approximate surface area is 201 Å². The molecule has 2 aliphatic heterocycles. The van der Waals surface area contributed by atoms with Crippen LogP contribution in [0.2, 0.25) is 0 Å². The summed E-state index contributed by atoms with van der Waals surface area (Å²) in [6.07, 6.45) is 3.06. The molecule has 0 saturated carbocycles. The van der Waals surface area contributed by atoms with E-state index in [1.165, 1.54) is 27.6 Å². The second kappa shape index (κ2) is 10.1. The van der Waals surface area contributed by atoms with Gasteiger partial charge in [-0.15, -0.1) is 0 Å². The van der Waals surface area contributed by atoms with Gasteiger partial charge in [0.15, 0.2) is 0 Å². The average Bonchev–Trinajstić information content (AvgIpc) is 3.26. The monoisotopic (exact) mass is 481 g/mol. The molecule has 1 atom stereocenters. The second-order valence-electron chi connectivity index (χ2n) is 8.62. The van der Waals surface area contributed by atoms with Crippen molar-refractivity contribution in [3.63, 3.8) is 0 Å². The highest BCUT2D eigenvalue weighted by molar-refractivity contribution is 7.89. The first-order chi connectivity index (χ1) is 16.3. The number of rotatable bonds is 7. The molecule has 0 N–H and O–H groups in total. The maximum atomic E-state index is 13.1. The van der Waals surface area contributed by atoms with Crippen LogP contribution in [0.1, 0.15) is 32.3 Å². The minimum Gasteiger partial charge on any atom is -0.338 e. The molecular weight excluding hydrogens is 450 g/mol.